The summed E-state index contributed by atoms with van der Waals surface area (Å²) in [6.45, 7) is 9.17. The Balaban J connectivity index is 1.61. The van der Waals surface area contributed by atoms with Gasteiger partial charge in [0.15, 0.2) is 0 Å². The van der Waals surface area contributed by atoms with Crippen molar-refractivity contribution in [1.29, 1.82) is 0 Å². The van der Waals surface area contributed by atoms with E-state index in [9.17, 15) is 4.79 Å². The molecule has 0 bridgehead atoms. The molecular formula is C19H30N2O3. The number of nitrogens with zero attached hydrogens (tertiary/aromatic N) is 1. The predicted octanol–water partition coefficient (Wildman–Crippen LogP) is 2.16. The molecule has 1 aromatic rings. The number of carbonyl (C=O) groups excluding carboxylic acids is 1. The predicted molar refractivity (Wildman–Crippen MR) is 95.5 cm³/mol. The van der Waals surface area contributed by atoms with Crippen LogP contribution in [0, 0.1) is 19.8 Å². The number of carbonyl (C=O) groups is 1. The Morgan fingerprint density at radius 2 is 2.17 bits per heavy atom. The van der Waals surface area contributed by atoms with E-state index in [-0.39, 0.29) is 5.91 Å². The Bertz CT molecular complexity index is 533. The first kappa shape index (κ1) is 18.7. The van der Waals surface area contributed by atoms with Gasteiger partial charge in [-0.2, -0.15) is 0 Å². The normalized spacial score (nSPS) is 17.9. The van der Waals surface area contributed by atoms with Crippen molar-refractivity contribution in [1.82, 2.24) is 10.2 Å². The summed E-state index contributed by atoms with van der Waals surface area (Å²) in [6, 6.07) is 5.99. The highest BCUT2D eigenvalue weighted by Crippen LogP contribution is 2.20. The molecule has 0 aromatic heterocycles. The first-order valence-electron chi connectivity index (χ1n) is 8.77. The highest BCUT2D eigenvalue weighted by molar-refractivity contribution is 5.76. The zero-order chi connectivity index (χ0) is 17.4. The Labute approximate surface area is 145 Å². The van der Waals surface area contributed by atoms with Crippen LogP contribution in [-0.2, 0) is 9.53 Å². The van der Waals surface area contributed by atoms with E-state index in [1.54, 1.807) is 7.11 Å². The van der Waals surface area contributed by atoms with Crippen LogP contribution < -0.4 is 10.1 Å². The molecule has 1 atom stereocenters. The lowest BCUT2D eigenvalue weighted by Crippen LogP contribution is -2.32. The van der Waals surface area contributed by atoms with Crippen molar-refractivity contribution in [2.24, 2.45) is 5.92 Å². The van der Waals surface area contributed by atoms with Crippen LogP contribution in [0.2, 0.25) is 0 Å². The molecule has 1 aliphatic rings. The summed E-state index contributed by atoms with van der Waals surface area (Å²) in [6.07, 6.45) is 1.54. The van der Waals surface area contributed by atoms with Crippen molar-refractivity contribution < 1.29 is 14.3 Å². The molecule has 134 valence electrons. The fraction of sp³-hybridized carbons (Fsp3) is 0.632. The summed E-state index contributed by atoms with van der Waals surface area (Å²) < 4.78 is 10.8. The Kier molecular flexibility index (Phi) is 7.53. The molecule has 5 heteroatoms. The lowest BCUT2D eigenvalue weighted by molar-refractivity contribution is -0.121. The minimum absolute atomic E-state index is 0.0654. The summed E-state index contributed by atoms with van der Waals surface area (Å²) in [5, 5.41) is 3.04. The molecule has 0 saturated carbocycles. The number of ether oxygens (including phenoxy) is 2. The van der Waals surface area contributed by atoms with Gasteiger partial charge >= 0.3 is 0 Å². The van der Waals surface area contributed by atoms with Gasteiger partial charge in [-0.15, -0.1) is 0 Å². The van der Waals surface area contributed by atoms with E-state index < -0.39 is 0 Å². The third-order valence-electron chi connectivity index (χ3n) is 4.71. The SMILES string of the molecule is COCCN1CC[C@@H](CNC(=O)CCOc2cccc(C)c2C)C1. The monoisotopic (exact) mass is 334 g/mol. The van der Waals surface area contributed by atoms with E-state index in [0.717, 1.165) is 50.5 Å². The first-order chi connectivity index (χ1) is 11.6. The molecule has 1 heterocycles. The van der Waals surface area contributed by atoms with E-state index in [1.165, 1.54) is 5.56 Å². The maximum Gasteiger partial charge on any atom is 0.223 e. The largest absolute Gasteiger partial charge is 0.493 e. The van der Waals surface area contributed by atoms with Gasteiger partial charge in [0.25, 0.3) is 0 Å². The molecule has 0 aliphatic carbocycles. The van der Waals surface area contributed by atoms with Crippen LogP contribution in [0.3, 0.4) is 0 Å². The van der Waals surface area contributed by atoms with E-state index in [2.05, 4.69) is 23.2 Å². The number of aryl methyl sites for hydroxylation is 1. The number of hydrogen-bond donors (Lipinski definition) is 1. The van der Waals surface area contributed by atoms with Gasteiger partial charge in [-0.3, -0.25) is 4.79 Å². The average molecular weight is 334 g/mol. The third kappa shape index (κ3) is 5.80. The molecule has 2 rings (SSSR count). The van der Waals surface area contributed by atoms with Crippen molar-refractivity contribution in [3.05, 3.63) is 29.3 Å². The summed E-state index contributed by atoms with van der Waals surface area (Å²) in [7, 11) is 1.73. The summed E-state index contributed by atoms with van der Waals surface area (Å²) >= 11 is 0. The second-order valence-electron chi connectivity index (χ2n) is 6.55. The van der Waals surface area contributed by atoms with Crippen LogP contribution in [0.4, 0.5) is 0 Å². The standard InChI is InChI=1S/C19H30N2O3/c1-15-5-4-6-18(16(15)2)24-11-8-19(22)20-13-17-7-9-21(14-17)10-12-23-3/h4-6,17H,7-14H2,1-3H3,(H,20,22)/t17-/m0/s1. The summed E-state index contributed by atoms with van der Waals surface area (Å²) in [5.74, 6) is 1.48. The first-order valence-corrected chi connectivity index (χ1v) is 8.77. The molecule has 0 radical (unpaired) electrons. The molecule has 0 unspecified atom stereocenters. The van der Waals surface area contributed by atoms with Crippen molar-refractivity contribution in [3.8, 4) is 5.75 Å². The average Bonchev–Trinajstić information content (AvgIpc) is 3.03. The van der Waals surface area contributed by atoms with Crippen molar-refractivity contribution in [3.63, 3.8) is 0 Å². The van der Waals surface area contributed by atoms with Crippen LogP contribution in [0.25, 0.3) is 0 Å². The number of hydrogen-bond acceptors (Lipinski definition) is 4. The quantitative estimate of drug-likeness (QED) is 0.752. The van der Waals surface area contributed by atoms with Crippen molar-refractivity contribution in [2.45, 2.75) is 26.7 Å². The molecule has 24 heavy (non-hydrogen) atoms. The zero-order valence-electron chi connectivity index (χ0n) is 15.1. The van der Waals surface area contributed by atoms with Gasteiger partial charge in [0, 0.05) is 26.7 Å². The molecule has 1 fully saturated rings. The fourth-order valence-electron chi connectivity index (χ4n) is 2.98. The molecule has 5 nitrogen and oxygen atoms in total. The van der Waals surface area contributed by atoms with Gasteiger partial charge in [0.2, 0.25) is 5.91 Å². The Morgan fingerprint density at radius 1 is 1.33 bits per heavy atom. The number of amides is 1. The van der Waals surface area contributed by atoms with Crippen LogP contribution in [0.1, 0.15) is 24.0 Å². The molecule has 1 aliphatic heterocycles. The Hall–Kier alpha value is -1.59. The number of rotatable bonds is 9. The van der Waals surface area contributed by atoms with E-state index >= 15 is 0 Å². The van der Waals surface area contributed by atoms with Gasteiger partial charge in [0.1, 0.15) is 5.75 Å². The number of likely N-dealkylation sites (tertiary alicyclic amines) is 1. The smallest absolute Gasteiger partial charge is 0.223 e. The van der Waals surface area contributed by atoms with E-state index in [4.69, 9.17) is 9.47 Å². The van der Waals surface area contributed by atoms with Crippen molar-refractivity contribution in [2.75, 3.05) is 46.5 Å². The second-order valence-corrected chi connectivity index (χ2v) is 6.55. The van der Waals surface area contributed by atoms with Crippen LogP contribution in [0.15, 0.2) is 18.2 Å². The topological polar surface area (TPSA) is 50.8 Å². The molecule has 1 amide bonds. The molecule has 1 N–H and O–H groups in total. The van der Waals surface area contributed by atoms with E-state index in [0.29, 0.717) is 18.9 Å². The Morgan fingerprint density at radius 3 is 2.96 bits per heavy atom. The number of nitrogens with one attached hydrogen (secondary N) is 1. The third-order valence-corrected chi connectivity index (χ3v) is 4.71. The van der Waals surface area contributed by atoms with Gasteiger partial charge < -0.3 is 19.7 Å². The van der Waals surface area contributed by atoms with Gasteiger partial charge in [-0.25, -0.2) is 0 Å². The highest BCUT2D eigenvalue weighted by atomic mass is 16.5. The zero-order valence-corrected chi connectivity index (χ0v) is 15.1. The van der Waals surface area contributed by atoms with Gasteiger partial charge in [-0.05, 0) is 49.9 Å². The molecule has 1 saturated heterocycles. The van der Waals surface area contributed by atoms with Crippen LogP contribution in [0.5, 0.6) is 5.75 Å². The van der Waals surface area contributed by atoms with Crippen LogP contribution >= 0.6 is 0 Å². The number of methoxy groups -OCH3 is 1. The van der Waals surface area contributed by atoms with Gasteiger partial charge in [0.05, 0.1) is 19.6 Å². The summed E-state index contributed by atoms with van der Waals surface area (Å²) in [5.41, 5.74) is 2.34. The maximum absolute atomic E-state index is 12.0. The van der Waals surface area contributed by atoms with E-state index in [1.807, 2.05) is 19.1 Å². The van der Waals surface area contributed by atoms with Crippen LogP contribution in [-0.4, -0.2) is 57.3 Å². The summed E-state index contributed by atoms with van der Waals surface area (Å²) in [4.78, 5) is 14.4. The minimum Gasteiger partial charge on any atom is -0.493 e. The van der Waals surface area contributed by atoms with Gasteiger partial charge in [-0.1, -0.05) is 12.1 Å². The fourth-order valence-corrected chi connectivity index (χ4v) is 2.98. The van der Waals surface area contributed by atoms with Crippen molar-refractivity contribution >= 4 is 5.91 Å². The highest BCUT2D eigenvalue weighted by Gasteiger charge is 2.22. The molecule has 1 aromatic carbocycles. The minimum atomic E-state index is 0.0654. The molecule has 0 spiro atoms. The lowest BCUT2D eigenvalue weighted by atomic mass is 10.1. The lowest BCUT2D eigenvalue weighted by Gasteiger charge is -2.15. The number of benzene rings is 1. The maximum atomic E-state index is 12.0. The molecular weight excluding hydrogens is 304 g/mol. The second kappa shape index (κ2) is 9.64.